The molecule has 3 heterocycles. The molecule has 2 aromatic carbocycles. The van der Waals surface area contributed by atoms with Gasteiger partial charge in [-0.15, -0.1) is 0 Å². The fraction of sp³-hybridized carbons (Fsp3) is 0.296. The second kappa shape index (κ2) is 9.72. The summed E-state index contributed by atoms with van der Waals surface area (Å²) in [4.78, 5) is 25.0. The number of hydrogen-bond donors (Lipinski definition) is 0. The van der Waals surface area contributed by atoms with Gasteiger partial charge in [0.2, 0.25) is 15.9 Å². The highest BCUT2D eigenvalue weighted by Gasteiger charge is 2.42. The Morgan fingerprint density at radius 1 is 1.11 bits per heavy atom. The predicted octanol–water partition coefficient (Wildman–Crippen LogP) is 5.00. The SMILES string of the molecule is Cc1ccc(S(=O)(=O)N2CCCC2C(=O)N(Cc2cccnc2)c2nc3c(C)cc(C)cc3s2)cc1. The fourth-order valence-corrected chi connectivity index (χ4v) is 7.49. The summed E-state index contributed by atoms with van der Waals surface area (Å²) in [6, 6.07) is 13.9. The van der Waals surface area contributed by atoms with Gasteiger partial charge in [0.05, 0.1) is 21.7 Å². The van der Waals surface area contributed by atoms with Gasteiger partial charge in [-0.05, 0) is 74.6 Å². The number of aromatic nitrogens is 2. The minimum atomic E-state index is -3.82. The smallest absolute Gasteiger partial charge is 0.247 e. The molecule has 186 valence electrons. The molecule has 1 fully saturated rings. The topological polar surface area (TPSA) is 83.5 Å². The van der Waals surface area contributed by atoms with Crippen LogP contribution in [0.3, 0.4) is 0 Å². The maximum atomic E-state index is 14.1. The van der Waals surface area contributed by atoms with Crippen molar-refractivity contribution in [3.8, 4) is 0 Å². The Bertz CT molecular complexity index is 1520. The molecule has 36 heavy (non-hydrogen) atoms. The Morgan fingerprint density at radius 3 is 2.61 bits per heavy atom. The lowest BCUT2D eigenvalue weighted by Crippen LogP contribution is -2.47. The lowest BCUT2D eigenvalue weighted by atomic mass is 10.1. The molecule has 0 spiro atoms. The third-order valence-corrected chi connectivity index (χ3v) is 9.44. The molecule has 0 N–H and O–H groups in total. The summed E-state index contributed by atoms with van der Waals surface area (Å²) in [6.45, 7) is 6.54. The van der Waals surface area contributed by atoms with E-state index in [0.29, 0.717) is 24.5 Å². The van der Waals surface area contributed by atoms with Gasteiger partial charge < -0.3 is 0 Å². The minimum absolute atomic E-state index is 0.206. The van der Waals surface area contributed by atoms with Crippen LogP contribution in [-0.4, -0.2) is 41.2 Å². The van der Waals surface area contributed by atoms with Crippen molar-refractivity contribution in [1.29, 1.82) is 0 Å². The van der Waals surface area contributed by atoms with Crippen LogP contribution in [-0.2, 0) is 21.4 Å². The molecule has 1 aliphatic rings. The van der Waals surface area contributed by atoms with Gasteiger partial charge in [-0.3, -0.25) is 14.7 Å². The van der Waals surface area contributed by atoms with Gasteiger partial charge in [0.25, 0.3) is 0 Å². The van der Waals surface area contributed by atoms with E-state index in [1.807, 2.05) is 32.9 Å². The highest BCUT2D eigenvalue weighted by Crippen LogP contribution is 2.35. The van der Waals surface area contributed by atoms with Crippen LogP contribution in [0.1, 0.15) is 35.1 Å². The Morgan fingerprint density at radius 2 is 1.89 bits per heavy atom. The maximum absolute atomic E-state index is 14.1. The van der Waals surface area contributed by atoms with Crippen LogP contribution < -0.4 is 4.90 Å². The number of fused-ring (bicyclic) bond motifs is 1. The predicted molar refractivity (Wildman–Crippen MR) is 143 cm³/mol. The van der Waals surface area contributed by atoms with E-state index in [2.05, 4.69) is 17.1 Å². The monoisotopic (exact) mass is 520 g/mol. The largest absolute Gasteiger partial charge is 0.282 e. The van der Waals surface area contributed by atoms with E-state index in [9.17, 15) is 13.2 Å². The number of hydrogen-bond acceptors (Lipinski definition) is 6. The average Bonchev–Trinajstić information content (AvgIpc) is 3.51. The molecule has 0 bridgehead atoms. The number of amides is 1. The van der Waals surface area contributed by atoms with Crippen molar-refractivity contribution < 1.29 is 13.2 Å². The van der Waals surface area contributed by atoms with E-state index in [0.717, 1.165) is 32.5 Å². The number of sulfonamides is 1. The number of carbonyl (C=O) groups is 1. The summed E-state index contributed by atoms with van der Waals surface area (Å²) >= 11 is 1.45. The summed E-state index contributed by atoms with van der Waals surface area (Å²) < 4.78 is 29.4. The second-order valence-corrected chi connectivity index (χ2v) is 12.2. The number of pyridine rings is 1. The first kappa shape index (κ1) is 24.5. The molecule has 2 aromatic heterocycles. The van der Waals surface area contributed by atoms with Crippen molar-refractivity contribution in [2.75, 3.05) is 11.4 Å². The molecule has 1 saturated heterocycles. The molecule has 5 rings (SSSR count). The number of anilines is 1. The summed E-state index contributed by atoms with van der Waals surface area (Å²) in [5.41, 5.74) is 4.87. The van der Waals surface area contributed by atoms with Gasteiger partial charge in [0, 0.05) is 18.9 Å². The van der Waals surface area contributed by atoms with E-state index >= 15 is 0 Å². The number of carbonyl (C=O) groups excluding carboxylic acids is 1. The fourth-order valence-electron chi connectivity index (χ4n) is 4.69. The van der Waals surface area contributed by atoms with Crippen LogP contribution in [0.15, 0.2) is 65.8 Å². The van der Waals surface area contributed by atoms with Crippen LogP contribution in [0, 0.1) is 20.8 Å². The van der Waals surface area contributed by atoms with Gasteiger partial charge in [0.1, 0.15) is 6.04 Å². The molecule has 0 radical (unpaired) electrons. The number of thiazole rings is 1. The zero-order valence-corrected chi connectivity index (χ0v) is 22.1. The Balaban J connectivity index is 1.54. The van der Waals surface area contributed by atoms with E-state index < -0.39 is 16.1 Å². The molecule has 0 saturated carbocycles. The van der Waals surface area contributed by atoms with Gasteiger partial charge in [0.15, 0.2) is 5.13 Å². The molecule has 1 aliphatic heterocycles. The van der Waals surface area contributed by atoms with Crippen molar-refractivity contribution in [3.05, 3.63) is 83.2 Å². The standard InChI is InChI=1S/C27H28N4O3S2/c1-18-8-10-22(11-9-18)36(33,34)31-13-5-7-23(31)26(32)30(17-21-6-4-12-28-16-21)27-29-25-20(3)14-19(2)15-24(25)35-27/h4,6,8-12,14-16,23H,5,7,13,17H2,1-3H3. The highest BCUT2D eigenvalue weighted by atomic mass is 32.2. The van der Waals surface area contributed by atoms with Gasteiger partial charge >= 0.3 is 0 Å². The molecule has 4 aromatic rings. The molecule has 1 amide bonds. The lowest BCUT2D eigenvalue weighted by molar-refractivity contribution is -0.121. The van der Waals surface area contributed by atoms with Gasteiger partial charge in [-0.25, -0.2) is 13.4 Å². The van der Waals surface area contributed by atoms with E-state index in [1.54, 1.807) is 41.6 Å². The molecular weight excluding hydrogens is 492 g/mol. The van der Waals surface area contributed by atoms with Gasteiger partial charge in [-0.1, -0.05) is 41.2 Å². The number of aryl methyl sites for hydroxylation is 3. The Hall–Kier alpha value is -3.14. The van der Waals surface area contributed by atoms with E-state index in [4.69, 9.17) is 4.98 Å². The number of rotatable bonds is 6. The molecule has 9 heteroatoms. The molecule has 0 aliphatic carbocycles. The van der Waals surface area contributed by atoms with Crippen molar-refractivity contribution in [2.45, 2.75) is 51.1 Å². The van der Waals surface area contributed by atoms with E-state index in [-0.39, 0.29) is 17.3 Å². The van der Waals surface area contributed by atoms with Crippen molar-refractivity contribution in [2.24, 2.45) is 0 Å². The van der Waals surface area contributed by atoms with Crippen LogP contribution in [0.4, 0.5) is 5.13 Å². The molecule has 7 nitrogen and oxygen atoms in total. The summed E-state index contributed by atoms with van der Waals surface area (Å²) in [5, 5.41) is 0.562. The number of nitrogens with zero attached hydrogens (tertiary/aromatic N) is 4. The molecule has 1 unspecified atom stereocenters. The first-order chi connectivity index (χ1) is 17.2. The van der Waals surface area contributed by atoms with Crippen LogP contribution in [0.5, 0.6) is 0 Å². The van der Waals surface area contributed by atoms with Crippen molar-refractivity contribution >= 4 is 42.6 Å². The molecular formula is C27H28N4O3S2. The van der Waals surface area contributed by atoms with Crippen LogP contribution in [0.25, 0.3) is 10.2 Å². The van der Waals surface area contributed by atoms with E-state index in [1.165, 1.54) is 15.6 Å². The minimum Gasteiger partial charge on any atom is -0.282 e. The highest BCUT2D eigenvalue weighted by molar-refractivity contribution is 7.89. The quantitative estimate of drug-likeness (QED) is 0.357. The summed E-state index contributed by atoms with van der Waals surface area (Å²) in [6.07, 6.45) is 4.50. The second-order valence-electron chi connectivity index (χ2n) is 9.30. The summed E-state index contributed by atoms with van der Waals surface area (Å²) in [7, 11) is -3.82. The van der Waals surface area contributed by atoms with Crippen LogP contribution in [0.2, 0.25) is 0 Å². The number of benzene rings is 2. The zero-order chi connectivity index (χ0) is 25.4. The first-order valence-electron chi connectivity index (χ1n) is 11.9. The third kappa shape index (κ3) is 4.66. The third-order valence-electron chi connectivity index (χ3n) is 6.50. The van der Waals surface area contributed by atoms with Crippen molar-refractivity contribution in [1.82, 2.24) is 14.3 Å². The summed E-state index contributed by atoms with van der Waals surface area (Å²) in [5.74, 6) is -0.263. The van der Waals surface area contributed by atoms with Gasteiger partial charge in [-0.2, -0.15) is 4.31 Å². The first-order valence-corrected chi connectivity index (χ1v) is 14.2. The van der Waals surface area contributed by atoms with Crippen LogP contribution >= 0.6 is 11.3 Å². The van der Waals surface area contributed by atoms with Crippen molar-refractivity contribution in [3.63, 3.8) is 0 Å². The average molecular weight is 521 g/mol. The maximum Gasteiger partial charge on any atom is 0.247 e. The normalized spacial score (nSPS) is 16.5. The Kier molecular flexibility index (Phi) is 6.63. The zero-order valence-electron chi connectivity index (χ0n) is 20.5. The lowest BCUT2D eigenvalue weighted by Gasteiger charge is -2.28. The Labute approximate surface area is 215 Å². The molecule has 1 atom stereocenters.